The molecular formula is C13H20ClNOS. The van der Waals surface area contributed by atoms with E-state index in [1.165, 1.54) is 5.56 Å². The van der Waals surface area contributed by atoms with Gasteiger partial charge in [0, 0.05) is 22.7 Å². The lowest BCUT2D eigenvalue weighted by atomic mass is 10.1. The van der Waals surface area contributed by atoms with E-state index in [4.69, 9.17) is 16.7 Å². The molecule has 0 atom stereocenters. The fourth-order valence-corrected chi connectivity index (χ4v) is 2.33. The molecule has 0 aliphatic heterocycles. The Morgan fingerprint density at radius 3 is 2.59 bits per heavy atom. The monoisotopic (exact) mass is 273 g/mol. The predicted octanol–water partition coefficient (Wildman–Crippen LogP) is 3.31. The molecule has 0 saturated carbocycles. The highest BCUT2D eigenvalue weighted by Gasteiger charge is 2.09. The number of aliphatic hydroxyl groups is 1. The summed E-state index contributed by atoms with van der Waals surface area (Å²) in [6, 6.07) is 6.08. The maximum atomic E-state index is 8.77. The highest BCUT2D eigenvalue weighted by atomic mass is 35.5. The average Bonchev–Trinajstić information content (AvgIpc) is 2.24. The van der Waals surface area contributed by atoms with E-state index < -0.39 is 0 Å². The molecule has 96 valence electrons. The van der Waals surface area contributed by atoms with Gasteiger partial charge in [0.05, 0.1) is 11.6 Å². The van der Waals surface area contributed by atoms with Crippen LogP contribution >= 0.6 is 23.4 Å². The standard InChI is InChI=1S/C13H20ClNOS/c1-13(2,3)15-9-10-4-5-12(11(14)8-10)17-7-6-16/h4-5,8,15-16H,6-7,9H2,1-3H3. The van der Waals surface area contributed by atoms with Gasteiger partial charge in [-0.15, -0.1) is 11.8 Å². The molecule has 1 aromatic carbocycles. The van der Waals surface area contributed by atoms with Crippen LogP contribution in [0.3, 0.4) is 0 Å². The molecule has 0 amide bonds. The second-order valence-electron chi connectivity index (χ2n) is 4.94. The Kier molecular flexibility index (Phi) is 5.80. The van der Waals surface area contributed by atoms with Crippen molar-refractivity contribution in [3.05, 3.63) is 28.8 Å². The first-order chi connectivity index (χ1) is 7.92. The van der Waals surface area contributed by atoms with Gasteiger partial charge in [-0.05, 0) is 38.5 Å². The number of hydrogen-bond acceptors (Lipinski definition) is 3. The Hall–Kier alpha value is -0.220. The third kappa shape index (κ3) is 5.77. The van der Waals surface area contributed by atoms with Crippen LogP contribution in [-0.4, -0.2) is 23.0 Å². The molecule has 4 heteroatoms. The molecule has 0 radical (unpaired) electrons. The van der Waals surface area contributed by atoms with E-state index >= 15 is 0 Å². The van der Waals surface area contributed by atoms with Gasteiger partial charge >= 0.3 is 0 Å². The lowest BCUT2D eigenvalue weighted by Crippen LogP contribution is -2.35. The van der Waals surface area contributed by atoms with Gasteiger partial charge in [0.1, 0.15) is 0 Å². The summed E-state index contributed by atoms with van der Waals surface area (Å²) < 4.78 is 0. The van der Waals surface area contributed by atoms with Crippen molar-refractivity contribution in [3.8, 4) is 0 Å². The summed E-state index contributed by atoms with van der Waals surface area (Å²) in [5.41, 5.74) is 1.29. The van der Waals surface area contributed by atoms with E-state index in [0.29, 0.717) is 5.75 Å². The minimum Gasteiger partial charge on any atom is -0.396 e. The normalized spacial score (nSPS) is 11.8. The molecular weight excluding hydrogens is 254 g/mol. The molecule has 0 fully saturated rings. The maximum absolute atomic E-state index is 8.77. The summed E-state index contributed by atoms with van der Waals surface area (Å²) in [7, 11) is 0. The van der Waals surface area contributed by atoms with Crippen LogP contribution < -0.4 is 5.32 Å². The van der Waals surface area contributed by atoms with Crippen molar-refractivity contribution in [1.82, 2.24) is 5.32 Å². The van der Waals surface area contributed by atoms with E-state index in [2.05, 4.69) is 32.2 Å². The van der Waals surface area contributed by atoms with E-state index in [1.807, 2.05) is 12.1 Å². The van der Waals surface area contributed by atoms with E-state index in [9.17, 15) is 0 Å². The van der Waals surface area contributed by atoms with Gasteiger partial charge in [0.2, 0.25) is 0 Å². The fraction of sp³-hybridized carbons (Fsp3) is 0.538. The largest absolute Gasteiger partial charge is 0.396 e. The molecule has 17 heavy (non-hydrogen) atoms. The molecule has 0 saturated heterocycles. The summed E-state index contributed by atoms with van der Waals surface area (Å²) in [5.74, 6) is 0.680. The van der Waals surface area contributed by atoms with Gasteiger partial charge in [0.15, 0.2) is 0 Å². The van der Waals surface area contributed by atoms with Crippen LogP contribution in [0.1, 0.15) is 26.3 Å². The van der Waals surface area contributed by atoms with Crippen molar-refractivity contribution in [2.45, 2.75) is 37.8 Å². The second kappa shape index (κ2) is 6.64. The zero-order valence-corrected chi connectivity index (χ0v) is 12.2. The first kappa shape index (κ1) is 14.8. The Labute approximate surface area is 113 Å². The van der Waals surface area contributed by atoms with Crippen molar-refractivity contribution in [3.63, 3.8) is 0 Å². The molecule has 0 spiro atoms. The Morgan fingerprint density at radius 2 is 2.06 bits per heavy atom. The van der Waals surface area contributed by atoms with Gasteiger partial charge in [0.25, 0.3) is 0 Å². The number of hydrogen-bond donors (Lipinski definition) is 2. The molecule has 0 aliphatic carbocycles. The molecule has 0 aliphatic rings. The average molecular weight is 274 g/mol. The van der Waals surface area contributed by atoms with Crippen molar-refractivity contribution in [2.75, 3.05) is 12.4 Å². The molecule has 2 nitrogen and oxygen atoms in total. The van der Waals surface area contributed by atoms with Gasteiger partial charge in [-0.25, -0.2) is 0 Å². The van der Waals surface area contributed by atoms with Gasteiger partial charge in [-0.2, -0.15) is 0 Å². The second-order valence-corrected chi connectivity index (χ2v) is 6.48. The first-order valence-electron chi connectivity index (χ1n) is 5.69. The van der Waals surface area contributed by atoms with Crippen LogP contribution in [0.4, 0.5) is 0 Å². The highest BCUT2D eigenvalue weighted by Crippen LogP contribution is 2.27. The third-order valence-electron chi connectivity index (χ3n) is 2.17. The minimum atomic E-state index is 0.108. The first-order valence-corrected chi connectivity index (χ1v) is 7.06. The Morgan fingerprint density at radius 1 is 1.35 bits per heavy atom. The summed E-state index contributed by atoms with van der Waals surface area (Å²) in [6.07, 6.45) is 0. The lowest BCUT2D eigenvalue weighted by molar-refractivity contribution is 0.322. The van der Waals surface area contributed by atoms with Crippen LogP contribution in [0.5, 0.6) is 0 Å². The quantitative estimate of drug-likeness (QED) is 0.808. The van der Waals surface area contributed by atoms with E-state index in [-0.39, 0.29) is 12.1 Å². The molecule has 0 unspecified atom stereocenters. The van der Waals surface area contributed by atoms with Crippen molar-refractivity contribution < 1.29 is 5.11 Å². The smallest absolute Gasteiger partial charge is 0.0545 e. The number of thioether (sulfide) groups is 1. The molecule has 2 N–H and O–H groups in total. The van der Waals surface area contributed by atoms with Crippen molar-refractivity contribution in [1.29, 1.82) is 0 Å². The van der Waals surface area contributed by atoms with Crippen LogP contribution in [0.2, 0.25) is 5.02 Å². The van der Waals surface area contributed by atoms with Gasteiger partial charge in [-0.3, -0.25) is 0 Å². The maximum Gasteiger partial charge on any atom is 0.0545 e. The topological polar surface area (TPSA) is 32.3 Å². The van der Waals surface area contributed by atoms with Crippen molar-refractivity contribution in [2.24, 2.45) is 0 Å². The van der Waals surface area contributed by atoms with Gasteiger partial charge in [-0.1, -0.05) is 17.7 Å². The Balaban J connectivity index is 2.62. The van der Waals surface area contributed by atoms with Crippen LogP contribution in [0.25, 0.3) is 0 Å². The molecule has 1 rings (SSSR count). The van der Waals surface area contributed by atoms with Gasteiger partial charge < -0.3 is 10.4 Å². The molecule has 0 bridgehead atoms. The predicted molar refractivity (Wildman–Crippen MR) is 75.9 cm³/mol. The Bertz CT molecular complexity index is 363. The van der Waals surface area contributed by atoms with Crippen molar-refractivity contribution >= 4 is 23.4 Å². The third-order valence-corrected chi connectivity index (χ3v) is 3.65. The molecule has 1 aromatic rings. The minimum absolute atomic E-state index is 0.108. The van der Waals surface area contributed by atoms with Crippen LogP contribution in [0.15, 0.2) is 23.1 Å². The number of aliphatic hydroxyl groups excluding tert-OH is 1. The number of nitrogens with one attached hydrogen (secondary N) is 1. The summed E-state index contributed by atoms with van der Waals surface area (Å²) in [5, 5.41) is 13.0. The highest BCUT2D eigenvalue weighted by molar-refractivity contribution is 7.99. The lowest BCUT2D eigenvalue weighted by Gasteiger charge is -2.20. The number of benzene rings is 1. The molecule has 0 aromatic heterocycles. The zero-order chi connectivity index (χ0) is 12.9. The number of rotatable bonds is 5. The van der Waals surface area contributed by atoms with Crippen LogP contribution in [-0.2, 0) is 6.54 Å². The summed E-state index contributed by atoms with van der Waals surface area (Å²) in [4.78, 5) is 1.03. The van der Waals surface area contributed by atoms with Crippen LogP contribution in [0, 0.1) is 0 Å². The SMILES string of the molecule is CC(C)(C)NCc1ccc(SCCO)c(Cl)c1. The fourth-order valence-electron chi connectivity index (χ4n) is 1.29. The zero-order valence-electron chi connectivity index (χ0n) is 10.6. The van der Waals surface area contributed by atoms with E-state index in [0.717, 1.165) is 16.5 Å². The van der Waals surface area contributed by atoms with E-state index in [1.54, 1.807) is 11.8 Å². The molecule has 0 heterocycles. The summed E-state index contributed by atoms with van der Waals surface area (Å²) in [6.45, 7) is 7.41. The number of halogens is 1. The summed E-state index contributed by atoms with van der Waals surface area (Å²) >= 11 is 7.76.